The first-order valence-corrected chi connectivity index (χ1v) is 12.5. The fraction of sp³-hybridized carbons (Fsp3) is 0.414. The molecule has 1 N–H and O–H groups in total. The molecule has 0 aliphatic carbocycles. The minimum atomic E-state index is -0.857. The van der Waals surface area contributed by atoms with Crippen molar-refractivity contribution in [2.24, 2.45) is 0 Å². The van der Waals surface area contributed by atoms with Gasteiger partial charge in [0.05, 0.1) is 11.4 Å². The fourth-order valence-electron chi connectivity index (χ4n) is 5.19. The van der Waals surface area contributed by atoms with Crippen LogP contribution in [-0.2, 0) is 18.5 Å². The molecule has 1 aliphatic heterocycles. The van der Waals surface area contributed by atoms with Crippen molar-refractivity contribution in [3.63, 3.8) is 0 Å². The number of likely N-dealkylation sites (tertiary alicyclic amines) is 1. The smallest absolute Gasteiger partial charge is 0.407 e. The molecule has 2 aromatic heterocycles. The molecule has 0 spiro atoms. The highest BCUT2D eigenvalue weighted by molar-refractivity contribution is 5.65. The van der Waals surface area contributed by atoms with Crippen molar-refractivity contribution in [2.75, 3.05) is 13.1 Å². The summed E-state index contributed by atoms with van der Waals surface area (Å²) in [5, 5.41) is 9.42. The van der Waals surface area contributed by atoms with Crippen molar-refractivity contribution >= 4 is 6.09 Å². The summed E-state index contributed by atoms with van der Waals surface area (Å²) in [6.45, 7) is 10.7. The number of carboxylic acid groups (broad SMARTS) is 1. The number of benzene rings is 1. The molecule has 0 unspecified atom stereocenters. The van der Waals surface area contributed by atoms with Gasteiger partial charge in [-0.3, -0.25) is 14.9 Å². The molecule has 3 aromatic rings. The van der Waals surface area contributed by atoms with Crippen LogP contribution in [0.3, 0.4) is 0 Å². The molecule has 7 heteroatoms. The number of aryl methyl sites for hydroxylation is 2. The highest BCUT2D eigenvalue weighted by Crippen LogP contribution is 2.34. The zero-order valence-corrected chi connectivity index (χ0v) is 21.5. The van der Waals surface area contributed by atoms with Crippen LogP contribution < -0.4 is 0 Å². The molecule has 0 saturated carbocycles. The number of aromatic nitrogens is 2. The number of carbonyl (C=O) groups is 1. The highest BCUT2D eigenvalue weighted by atomic mass is 19.1. The molecule has 1 saturated heterocycles. The van der Waals surface area contributed by atoms with Gasteiger partial charge < -0.3 is 10.0 Å². The van der Waals surface area contributed by atoms with E-state index in [1.54, 1.807) is 0 Å². The molecule has 1 aromatic carbocycles. The summed E-state index contributed by atoms with van der Waals surface area (Å²) in [5.41, 5.74) is 6.03. The molecule has 36 heavy (non-hydrogen) atoms. The Balaban J connectivity index is 1.66. The molecule has 3 heterocycles. The number of nitrogens with zero attached hydrogens (tertiary/aromatic N) is 4. The van der Waals surface area contributed by atoms with Crippen LogP contribution in [0.5, 0.6) is 0 Å². The summed E-state index contributed by atoms with van der Waals surface area (Å²) >= 11 is 0. The fourth-order valence-corrected chi connectivity index (χ4v) is 5.19. The Kier molecular flexibility index (Phi) is 7.69. The van der Waals surface area contributed by atoms with Gasteiger partial charge >= 0.3 is 6.09 Å². The maximum Gasteiger partial charge on any atom is 0.407 e. The number of piperidine rings is 1. The minimum absolute atomic E-state index is 0.215. The van der Waals surface area contributed by atoms with Gasteiger partial charge in [-0.2, -0.15) is 0 Å². The SMILES string of the molecule is Cc1cnc(CN(Cc2ncccc2C(C)(C)c2ccc(F)cc2)C2CCN(C(=O)O)CC2)c(C)c1. The Labute approximate surface area is 212 Å². The Hall–Kier alpha value is -3.32. The number of rotatable bonds is 7. The predicted molar refractivity (Wildman–Crippen MR) is 138 cm³/mol. The Morgan fingerprint density at radius 2 is 1.75 bits per heavy atom. The molecule has 1 amide bonds. The number of pyridine rings is 2. The summed E-state index contributed by atoms with van der Waals surface area (Å²) in [4.78, 5) is 24.9. The minimum Gasteiger partial charge on any atom is -0.465 e. The third-order valence-electron chi connectivity index (χ3n) is 7.41. The van der Waals surface area contributed by atoms with E-state index in [-0.39, 0.29) is 17.3 Å². The Morgan fingerprint density at radius 1 is 1.08 bits per heavy atom. The standard InChI is InChI=1S/C29H35FN4O2/c1-20-16-21(2)26(32-17-20)18-34(24-11-14-33(15-12-24)28(35)36)19-27-25(6-5-13-31-27)29(3,4)22-7-9-23(30)10-8-22/h5-10,13,16-17,24H,11-12,14-15,18-19H2,1-4H3,(H,35,36). The van der Waals surface area contributed by atoms with Crippen molar-refractivity contribution in [1.82, 2.24) is 19.8 Å². The molecule has 0 radical (unpaired) electrons. The third-order valence-corrected chi connectivity index (χ3v) is 7.41. The van der Waals surface area contributed by atoms with E-state index >= 15 is 0 Å². The first kappa shape index (κ1) is 25.8. The van der Waals surface area contributed by atoms with Crippen molar-refractivity contribution in [1.29, 1.82) is 0 Å². The quantitative estimate of drug-likeness (QED) is 0.460. The van der Waals surface area contributed by atoms with E-state index in [9.17, 15) is 14.3 Å². The molecule has 0 bridgehead atoms. The van der Waals surface area contributed by atoms with Crippen LogP contribution >= 0.6 is 0 Å². The zero-order valence-electron chi connectivity index (χ0n) is 21.5. The second-order valence-corrected chi connectivity index (χ2v) is 10.3. The summed E-state index contributed by atoms with van der Waals surface area (Å²) in [7, 11) is 0. The average molecular weight is 491 g/mol. The van der Waals surface area contributed by atoms with Gasteiger partial charge in [0.1, 0.15) is 5.82 Å². The van der Waals surface area contributed by atoms with Gasteiger partial charge in [-0.25, -0.2) is 9.18 Å². The maximum atomic E-state index is 13.6. The van der Waals surface area contributed by atoms with E-state index in [2.05, 4.69) is 37.8 Å². The van der Waals surface area contributed by atoms with Crippen LogP contribution in [0.25, 0.3) is 0 Å². The molecular formula is C29H35FN4O2. The number of hydrogen-bond donors (Lipinski definition) is 1. The zero-order chi connectivity index (χ0) is 25.9. The van der Waals surface area contributed by atoms with Gasteiger partial charge in [-0.1, -0.05) is 38.1 Å². The second-order valence-electron chi connectivity index (χ2n) is 10.3. The van der Waals surface area contributed by atoms with E-state index in [0.29, 0.717) is 26.2 Å². The van der Waals surface area contributed by atoms with Gasteiger partial charge in [0.25, 0.3) is 0 Å². The molecular weight excluding hydrogens is 455 g/mol. The molecule has 4 rings (SSSR count). The van der Waals surface area contributed by atoms with E-state index in [4.69, 9.17) is 9.97 Å². The number of amides is 1. The van der Waals surface area contributed by atoms with Crippen LogP contribution in [0.4, 0.5) is 9.18 Å². The van der Waals surface area contributed by atoms with Gasteiger partial charge in [-0.05, 0) is 67.1 Å². The highest BCUT2D eigenvalue weighted by Gasteiger charge is 2.31. The van der Waals surface area contributed by atoms with Gasteiger partial charge in [0.2, 0.25) is 0 Å². The first-order valence-electron chi connectivity index (χ1n) is 12.5. The van der Waals surface area contributed by atoms with Crippen molar-refractivity contribution in [3.05, 3.63) is 94.3 Å². The Bertz CT molecular complexity index is 1200. The van der Waals surface area contributed by atoms with E-state index in [1.807, 2.05) is 37.5 Å². The van der Waals surface area contributed by atoms with E-state index < -0.39 is 6.09 Å². The van der Waals surface area contributed by atoms with Crippen LogP contribution in [-0.4, -0.2) is 50.1 Å². The second kappa shape index (κ2) is 10.7. The maximum absolute atomic E-state index is 13.6. The summed E-state index contributed by atoms with van der Waals surface area (Å²) in [5.74, 6) is -0.249. The lowest BCUT2D eigenvalue weighted by Crippen LogP contribution is -2.46. The lowest BCUT2D eigenvalue weighted by Gasteiger charge is -2.38. The topological polar surface area (TPSA) is 69.6 Å². The first-order chi connectivity index (χ1) is 17.1. The van der Waals surface area contributed by atoms with Crippen molar-refractivity contribution in [3.8, 4) is 0 Å². The van der Waals surface area contributed by atoms with Crippen LogP contribution in [0.2, 0.25) is 0 Å². The van der Waals surface area contributed by atoms with Crippen LogP contribution in [0.1, 0.15) is 60.3 Å². The molecule has 0 atom stereocenters. The number of hydrogen-bond acceptors (Lipinski definition) is 4. The largest absolute Gasteiger partial charge is 0.465 e. The Morgan fingerprint density at radius 3 is 2.39 bits per heavy atom. The van der Waals surface area contributed by atoms with Gasteiger partial charge in [0.15, 0.2) is 0 Å². The molecule has 1 fully saturated rings. The van der Waals surface area contributed by atoms with Crippen LogP contribution in [0.15, 0.2) is 54.9 Å². The normalized spacial score (nSPS) is 14.9. The third kappa shape index (κ3) is 5.73. The lowest BCUT2D eigenvalue weighted by molar-refractivity contribution is 0.0855. The monoisotopic (exact) mass is 490 g/mol. The van der Waals surface area contributed by atoms with E-state index in [1.165, 1.54) is 17.0 Å². The summed E-state index contributed by atoms with van der Waals surface area (Å²) in [6.07, 6.45) is 4.39. The molecule has 190 valence electrons. The summed E-state index contributed by atoms with van der Waals surface area (Å²) < 4.78 is 13.6. The molecule has 1 aliphatic rings. The van der Waals surface area contributed by atoms with Crippen molar-refractivity contribution in [2.45, 2.75) is 65.1 Å². The predicted octanol–water partition coefficient (Wildman–Crippen LogP) is 5.70. The average Bonchev–Trinajstić information content (AvgIpc) is 2.85. The van der Waals surface area contributed by atoms with Gasteiger partial charge in [0, 0.05) is 50.0 Å². The summed E-state index contributed by atoms with van der Waals surface area (Å²) in [6, 6.07) is 13.1. The lowest BCUT2D eigenvalue weighted by atomic mass is 9.77. The van der Waals surface area contributed by atoms with E-state index in [0.717, 1.165) is 46.5 Å². The number of halogens is 1. The van der Waals surface area contributed by atoms with Crippen LogP contribution in [0, 0.1) is 19.7 Å². The van der Waals surface area contributed by atoms with Crippen molar-refractivity contribution < 1.29 is 14.3 Å². The molecule has 6 nitrogen and oxygen atoms in total. The van der Waals surface area contributed by atoms with Gasteiger partial charge in [-0.15, -0.1) is 0 Å².